The van der Waals surface area contributed by atoms with Crippen molar-refractivity contribution in [3.8, 4) is 0 Å². The van der Waals surface area contributed by atoms with Crippen LogP contribution in [0.5, 0.6) is 0 Å². The third-order valence-electron chi connectivity index (χ3n) is 4.54. The van der Waals surface area contributed by atoms with Crippen LogP contribution in [-0.2, 0) is 13.1 Å². The maximum Gasteiger partial charge on any atom is 0.0801 e. The van der Waals surface area contributed by atoms with Gasteiger partial charge < -0.3 is 5.11 Å². The average Bonchev–Trinajstić information content (AvgIpc) is 3.27. The number of hydrogen-bond donors (Lipinski definition) is 1. The van der Waals surface area contributed by atoms with E-state index in [2.05, 4.69) is 60.4 Å². The Morgan fingerprint density at radius 2 is 1.33 bits per heavy atom. The normalized spacial score (nSPS) is 17.7. The fourth-order valence-electron chi connectivity index (χ4n) is 2.85. The van der Waals surface area contributed by atoms with Gasteiger partial charge in [-0.15, -0.1) is 0 Å². The molecular weight excluding hydrogens is 258 g/mol. The molecule has 0 bridgehead atoms. The van der Waals surface area contributed by atoms with Crippen LogP contribution in [0.1, 0.15) is 30.9 Å². The number of benzene rings is 2. The molecule has 2 aromatic carbocycles. The molecule has 2 aromatic rings. The molecule has 1 atom stereocenters. The molecule has 110 valence electrons. The molecule has 0 radical (unpaired) electrons. The van der Waals surface area contributed by atoms with Crippen molar-refractivity contribution in [1.29, 1.82) is 0 Å². The topological polar surface area (TPSA) is 23.5 Å². The molecule has 2 heteroatoms. The van der Waals surface area contributed by atoms with E-state index in [1.54, 1.807) is 0 Å². The van der Waals surface area contributed by atoms with Gasteiger partial charge >= 0.3 is 0 Å². The van der Waals surface area contributed by atoms with E-state index < -0.39 is 5.60 Å². The molecule has 21 heavy (non-hydrogen) atoms. The van der Waals surface area contributed by atoms with Crippen LogP contribution in [-0.4, -0.2) is 21.6 Å². The molecule has 2 nitrogen and oxygen atoms in total. The van der Waals surface area contributed by atoms with Crippen LogP contribution in [0.15, 0.2) is 60.7 Å². The van der Waals surface area contributed by atoms with Gasteiger partial charge in [0.2, 0.25) is 0 Å². The summed E-state index contributed by atoms with van der Waals surface area (Å²) in [4.78, 5) is 2.39. The molecule has 0 amide bonds. The summed E-state index contributed by atoms with van der Waals surface area (Å²) in [5.41, 5.74) is 2.11. The van der Waals surface area contributed by atoms with E-state index in [9.17, 15) is 5.11 Å². The van der Waals surface area contributed by atoms with E-state index in [-0.39, 0.29) is 6.04 Å². The first-order valence-corrected chi connectivity index (χ1v) is 7.72. The van der Waals surface area contributed by atoms with Crippen molar-refractivity contribution in [3.05, 3.63) is 71.8 Å². The predicted octanol–water partition coefficient (Wildman–Crippen LogP) is 3.60. The van der Waals surface area contributed by atoms with E-state index in [1.807, 2.05) is 12.1 Å². The van der Waals surface area contributed by atoms with Crippen molar-refractivity contribution in [2.75, 3.05) is 0 Å². The second-order valence-electron chi connectivity index (χ2n) is 6.16. The summed E-state index contributed by atoms with van der Waals surface area (Å²) in [5.74, 6) is 0. The van der Waals surface area contributed by atoms with Gasteiger partial charge in [-0.3, -0.25) is 4.90 Å². The van der Waals surface area contributed by atoms with Gasteiger partial charge in [0.05, 0.1) is 5.60 Å². The zero-order valence-corrected chi connectivity index (χ0v) is 12.6. The SMILES string of the molecule is C[C@@H](N(Cc1ccccc1)Cc1ccccc1)C1(O)CC1. The van der Waals surface area contributed by atoms with Gasteiger partial charge in [0.15, 0.2) is 0 Å². The molecule has 1 fully saturated rings. The van der Waals surface area contributed by atoms with E-state index in [0.717, 1.165) is 25.9 Å². The van der Waals surface area contributed by atoms with Crippen LogP contribution >= 0.6 is 0 Å². The van der Waals surface area contributed by atoms with Crippen molar-refractivity contribution >= 4 is 0 Å². The third-order valence-corrected chi connectivity index (χ3v) is 4.54. The lowest BCUT2D eigenvalue weighted by Gasteiger charge is -2.33. The molecule has 0 saturated heterocycles. The summed E-state index contributed by atoms with van der Waals surface area (Å²) in [5, 5.41) is 10.5. The lowest BCUT2D eigenvalue weighted by atomic mass is 10.1. The zero-order valence-electron chi connectivity index (χ0n) is 12.6. The van der Waals surface area contributed by atoms with Crippen LogP contribution in [0.3, 0.4) is 0 Å². The van der Waals surface area contributed by atoms with Gasteiger partial charge in [-0.2, -0.15) is 0 Å². The standard InChI is InChI=1S/C19H23NO/c1-16(19(21)12-13-19)20(14-17-8-4-2-5-9-17)15-18-10-6-3-7-11-18/h2-11,16,21H,12-15H2,1H3/t16-/m1/s1. The molecular formula is C19H23NO. The monoisotopic (exact) mass is 281 g/mol. The van der Waals surface area contributed by atoms with Crippen LogP contribution < -0.4 is 0 Å². The minimum Gasteiger partial charge on any atom is -0.388 e. The van der Waals surface area contributed by atoms with Crippen molar-refractivity contribution in [2.24, 2.45) is 0 Å². The minimum atomic E-state index is -0.483. The second-order valence-corrected chi connectivity index (χ2v) is 6.16. The van der Waals surface area contributed by atoms with Gasteiger partial charge in [-0.25, -0.2) is 0 Å². The zero-order chi connectivity index (χ0) is 14.7. The molecule has 0 aliphatic heterocycles. The second kappa shape index (κ2) is 6.00. The summed E-state index contributed by atoms with van der Waals surface area (Å²) < 4.78 is 0. The number of aliphatic hydroxyl groups is 1. The highest BCUT2D eigenvalue weighted by atomic mass is 16.3. The highest BCUT2D eigenvalue weighted by Gasteiger charge is 2.47. The summed E-state index contributed by atoms with van der Waals surface area (Å²) in [6.07, 6.45) is 1.85. The molecule has 1 saturated carbocycles. The Kier molecular flexibility index (Phi) is 4.09. The van der Waals surface area contributed by atoms with Gasteiger partial charge in [0, 0.05) is 19.1 Å². The Labute approximate surface area is 127 Å². The first-order chi connectivity index (χ1) is 10.2. The van der Waals surface area contributed by atoms with E-state index in [0.29, 0.717) is 0 Å². The summed E-state index contributed by atoms with van der Waals surface area (Å²) in [6.45, 7) is 3.90. The maximum absolute atomic E-state index is 10.5. The molecule has 0 aromatic heterocycles. The van der Waals surface area contributed by atoms with Gasteiger partial charge in [0.1, 0.15) is 0 Å². The number of rotatable bonds is 6. The molecule has 1 aliphatic carbocycles. The largest absolute Gasteiger partial charge is 0.388 e. The highest BCUT2D eigenvalue weighted by Crippen LogP contribution is 2.41. The lowest BCUT2D eigenvalue weighted by Crippen LogP contribution is -2.42. The average molecular weight is 281 g/mol. The quantitative estimate of drug-likeness (QED) is 0.874. The van der Waals surface area contributed by atoms with Gasteiger partial charge in [-0.05, 0) is 30.9 Å². The molecule has 1 N–H and O–H groups in total. The number of nitrogens with zero attached hydrogens (tertiary/aromatic N) is 1. The minimum absolute atomic E-state index is 0.179. The summed E-state index contributed by atoms with van der Waals surface area (Å²) in [6, 6.07) is 21.2. The first-order valence-electron chi connectivity index (χ1n) is 7.72. The van der Waals surface area contributed by atoms with Crippen molar-refractivity contribution < 1.29 is 5.11 Å². The van der Waals surface area contributed by atoms with Gasteiger partial charge in [0.25, 0.3) is 0 Å². The van der Waals surface area contributed by atoms with Crippen LogP contribution in [0.2, 0.25) is 0 Å². The molecule has 1 aliphatic rings. The van der Waals surface area contributed by atoms with Crippen LogP contribution in [0.4, 0.5) is 0 Å². The molecule has 0 spiro atoms. The van der Waals surface area contributed by atoms with Crippen LogP contribution in [0, 0.1) is 0 Å². The van der Waals surface area contributed by atoms with Gasteiger partial charge in [-0.1, -0.05) is 60.7 Å². The van der Waals surface area contributed by atoms with E-state index in [4.69, 9.17) is 0 Å². The van der Waals surface area contributed by atoms with Crippen LogP contribution in [0.25, 0.3) is 0 Å². The Balaban J connectivity index is 1.77. The summed E-state index contributed by atoms with van der Waals surface area (Å²) >= 11 is 0. The Morgan fingerprint density at radius 1 is 0.905 bits per heavy atom. The van der Waals surface area contributed by atoms with E-state index in [1.165, 1.54) is 11.1 Å². The van der Waals surface area contributed by atoms with Crippen molar-refractivity contribution in [3.63, 3.8) is 0 Å². The smallest absolute Gasteiger partial charge is 0.0801 e. The fraction of sp³-hybridized carbons (Fsp3) is 0.368. The number of hydrogen-bond acceptors (Lipinski definition) is 2. The predicted molar refractivity (Wildman–Crippen MR) is 85.8 cm³/mol. The Hall–Kier alpha value is -1.64. The lowest BCUT2D eigenvalue weighted by molar-refractivity contribution is 0.0299. The molecule has 0 heterocycles. The summed E-state index contributed by atoms with van der Waals surface area (Å²) in [7, 11) is 0. The Bertz CT molecular complexity index is 521. The molecule has 3 rings (SSSR count). The van der Waals surface area contributed by atoms with Crippen molar-refractivity contribution in [2.45, 2.75) is 44.5 Å². The van der Waals surface area contributed by atoms with E-state index >= 15 is 0 Å². The third kappa shape index (κ3) is 3.52. The van der Waals surface area contributed by atoms with Crippen molar-refractivity contribution in [1.82, 2.24) is 4.90 Å². The highest BCUT2D eigenvalue weighted by molar-refractivity contribution is 5.18. The Morgan fingerprint density at radius 3 is 1.71 bits per heavy atom. The molecule has 0 unspecified atom stereocenters. The first kappa shape index (κ1) is 14.3. The fourth-order valence-corrected chi connectivity index (χ4v) is 2.85. The maximum atomic E-state index is 10.5.